The largest absolute Gasteiger partial charge is 0.472 e. The molecule has 3 saturated heterocycles. The third kappa shape index (κ3) is 10.5. The van der Waals surface area contributed by atoms with E-state index in [2.05, 4.69) is 44.9 Å². The molecule has 39 heteroatoms. The van der Waals surface area contributed by atoms with Crippen LogP contribution in [0.2, 0.25) is 0 Å². The zero-order chi connectivity index (χ0) is 51.4. The van der Waals surface area contributed by atoms with Crippen LogP contribution in [-0.2, 0) is 55.0 Å². The molecule has 0 aromatic carbocycles. The van der Waals surface area contributed by atoms with Crippen LogP contribution >= 0.6 is 23.5 Å². The van der Waals surface area contributed by atoms with Crippen molar-refractivity contribution in [2.75, 3.05) is 50.2 Å². The van der Waals surface area contributed by atoms with Crippen LogP contribution in [0.5, 0.6) is 0 Å². The first-order valence-corrected chi connectivity index (χ1v) is 25.3. The highest BCUT2D eigenvalue weighted by Crippen LogP contribution is 2.50. The van der Waals surface area contributed by atoms with Gasteiger partial charge in [0.05, 0.1) is 52.0 Å². The lowest BCUT2D eigenvalue weighted by Crippen LogP contribution is -2.34. The number of nitrogens with zero attached hydrogens (tertiary/aromatic N) is 12. The van der Waals surface area contributed by atoms with Gasteiger partial charge in [0.1, 0.15) is 96.6 Å². The van der Waals surface area contributed by atoms with Crippen molar-refractivity contribution >= 4 is 74.4 Å². The predicted octanol–water partition coefficient (Wildman–Crippen LogP) is -4.12. The van der Waals surface area contributed by atoms with Gasteiger partial charge in [0.25, 0.3) is 0 Å². The molecule has 9 rings (SSSR count). The maximum absolute atomic E-state index is 13.4. The standard InChI is InChI=1S/C33H44N15O21P3/c34-25-16-28(40-6-37-25)46(9-43-16)31-22(52)19(49)13(66-31)3-63-70(55,56)61-1-12(69-72(59,60)65-5-15-21(51)24(54)33(68-15)48-11-45-18-27(36)39-8-42-30(18)48)2-62-71(57,58)64-4-14-20(50)23(53)32(67-14)47-10-44-17-26(35)38-7-41-29(17)47/h6-15,19-24,31-33,49-54H,1-5H2,(H,55,56)(H,57,58)(H,59,60)(H2,34,37,40)(H2,35,38,41)(H2,36,39,42)/t12?,13-,14?,15-,19-,20-,21-,22-,23-,24-,31?,32-,33?/m1/s1. The Bertz CT molecular complexity index is 2930. The summed E-state index contributed by atoms with van der Waals surface area (Å²) >= 11 is 0. The molecule has 0 amide bonds. The SMILES string of the molecule is Nc1ncnc2c1ncn2C1O[C@H](COP(=O)(O)OCC(COP(=O)(O)OCC2O[C@@H](n3cnc4c(N)ncnc43)[C@H](O)[C@@H]2O)OP(=O)(O)OC[C@H]2OC(n3cnc4c(N)ncnc43)[C@H](O)[C@@H]2O)[C@@H](O)[C@H]1O. The average molecular weight is 1080 g/mol. The van der Waals surface area contributed by atoms with Crippen LogP contribution in [0.4, 0.5) is 17.5 Å². The van der Waals surface area contributed by atoms with Crippen LogP contribution < -0.4 is 17.2 Å². The smallest absolute Gasteiger partial charge is 0.387 e. The van der Waals surface area contributed by atoms with E-state index < -0.39 is 136 Å². The third-order valence-electron chi connectivity index (χ3n) is 11.3. The highest BCUT2D eigenvalue weighted by atomic mass is 31.2. The minimum Gasteiger partial charge on any atom is -0.387 e. The summed E-state index contributed by atoms with van der Waals surface area (Å²) in [6, 6.07) is 0. The molecule has 36 nitrogen and oxygen atoms in total. The van der Waals surface area contributed by atoms with E-state index in [0.29, 0.717) is 0 Å². The van der Waals surface area contributed by atoms with Crippen molar-refractivity contribution in [2.45, 2.75) is 79.7 Å². The number of nitrogens with two attached hydrogens (primary N) is 3. The van der Waals surface area contributed by atoms with E-state index in [0.717, 1.165) is 19.0 Å². The Kier molecular flexibility index (Phi) is 14.7. The van der Waals surface area contributed by atoms with Crippen molar-refractivity contribution < 1.29 is 100 Å². The van der Waals surface area contributed by atoms with E-state index >= 15 is 0 Å². The summed E-state index contributed by atoms with van der Waals surface area (Å²) in [7, 11) is -16.1. The second-order valence-corrected chi connectivity index (χ2v) is 20.3. The Labute approximate surface area is 400 Å². The lowest BCUT2D eigenvalue weighted by atomic mass is 10.1. The molecule has 0 aliphatic carbocycles. The summed E-state index contributed by atoms with van der Waals surface area (Å²) in [5, 5.41) is 64.6. The van der Waals surface area contributed by atoms with E-state index in [1.165, 1.54) is 32.7 Å². The number of nitrogen functional groups attached to an aromatic ring is 3. The fourth-order valence-corrected chi connectivity index (χ4v) is 10.1. The Morgan fingerprint density at radius 2 is 0.778 bits per heavy atom. The first kappa shape index (κ1) is 51.9. The minimum atomic E-state index is -5.46. The zero-order valence-corrected chi connectivity index (χ0v) is 39.1. The van der Waals surface area contributed by atoms with E-state index in [9.17, 15) is 59.0 Å². The number of phosphoric acid groups is 3. The van der Waals surface area contributed by atoms with Gasteiger partial charge in [-0.2, -0.15) is 0 Å². The number of imidazole rings is 3. The highest BCUT2D eigenvalue weighted by Gasteiger charge is 2.49. The number of hydrogen-bond donors (Lipinski definition) is 12. The highest BCUT2D eigenvalue weighted by molar-refractivity contribution is 7.48. The summed E-state index contributed by atoms with van der Waals surface area (Å²) in [4.78, 5) is 67.9. The number of fused-ring (bicyclic) bond motifs is 3. The molecule has 15 N–H and O–H groups in total. The van der Waals surface area contributed by atoms with Gasteiger partial charge in [-0.05, 0) is 0 Å². The normalized spacial score (nSPS) is 30.8. The Morgan fingerprint density at radius 1 is 0.472 bits per heavy atom. The fraction of sp³-hybridized carbons (Fsp3) is 0.545. The summed E-state index contributed by atoms with van der Waals surface area (Å²) < 4.78 is 90.5. The summed E-state index contributed by atoms with van der Waals surface area (Å²) in [6.07, 6.45) is -14.1. The van der Waals surface area contributed by atoms with E-state index in [-0.39, 0.29) is 50.9 Å². The molecule has 3 aliphatic rings. The van der Waals surface area contributed by atoms with Gasteiger partial charge in [-0.25, -0.2) is 58.6 Å². The number of aliphatic hydroxyl groups is 6. The molecular weight excluding hydrogens is 1040 g/mol. The van der Waals surface area contributed by atoms with Gasteiger partial charge in [0.15, 0.2) is 53.1 Å². The van der Waals surface area contributed by atoms with Gasteiger partial charge >= 0.3 is 23.5 Å². The average Bonchev–Trinajstić information content (AvgIpc) is 4.20. The molecule has 0 bridgehead atoms. The van der Waals surface area contributed by atoms with Crippen molar-refractivity contribution in [3.63, 3.8) is 0 Å². The third-order valence-corrected chi connectivity index (χ3v) is 14.3. The van der Waals surface area contributed by atoms with Crippen LogP contribution in [0, 0.1) is 0 Å². The number of rotatable bonds is 20. The number of ether oxygens (including phenoxy) is 3. The van der Waals surface area contributed by atoms with Gasteiger partial charge in [-0.3, -0.25) is 40.8 Å². The molecule has 0 spiro atoms. The molecule has 0 radical (unpaired) electrons. The van der Waals surface area contributed by atoms with Gasteiger partial charge in [-0.1, -0.05) is 0 Å². The Hall–Kier alpha value is -4.98. The van der Waals surface area contributed by atoms with Crippen molar-refractivity contribution in [1.82, 2.24) is 58.6 Å². The monoisotopic (exact) mass is 1080 g/mol. The molecule has 6 aromatic rings. The van der Waals surface area contributed by atoms with Crippen LogP contribution in [0.15, 0.2) is 38.0 Å². The molecule has 72 heavy (non-hydrogen) atoms. The number of aliphatic hydroxyl groups excluding tert-OH is 6. The number of aromatic nitrogens is 12. The molecule has 7 unspecified atom stereocenters. The first-order chi connectivity index (χ1) is 34.1. The van der Waals surface area contributed by atoms with E-state index in [4.69, 9.17) is 58.6 Å². The number of anilines is 3. The van der Waals surface area contributed by atoms with Gasteiger partial charge in [-0.15, -0.1) is 0 Å². The van der Waals surface area contributed by atoms with Crippen molar-refractivity contribution in [3.05, 3.63) is 38.0 Å². The van der Waals surface area contributed by atoms with Crippen molar-refractivity contribution in [1.29, 1.82) is 0 Å². The topological polar surface area (TPSA) is 525 Å². The van der Waals surface area contributed by atoms with E-state index in [1.807, 2.05) is 0 Å². The lowest BCUT2D eigenvalue weighted by molar-refractivity contribution is -0.0580. The predicted molar refractivity (Wildman–Crippen MR) is 231 cm³/mol. The minimum absolute atomic E-state index is 0.00307. The molecular formula is C33H44N15O21P3. The zero-order valence-electron chi connectivity index (χ0n) is 36.4. The molecule has 3 aliphatic heterocycles. The Morgan fingerprint density at radius 3 is 1.10 bits per heavy atom. The van der Waals surface area contributed by atoms with Crippen LogP contribution in [0.1, 0.15) is 18.7 Å². The van der Waals surface area contributed by atoms with Gasteiger partial charge in [0, 0.05) is 0 Å². The lowest BCUT2D eigenvalue weighted by Gasteiger charge is -2.24. The molecule has 6 aromatic heterocycles. The van der Waals surface area contributed by atoms with Gasteiger partial charge < -0.3 is 76.7 Å². The quantitative estimate of drug-likeness (QED) is 0.0323. The molecule has 3 fully saturated rings. The van der Waals surface area contributed by atoms with Gasteiger partial charge in [0.2, 0.25) is 0 Å². The van der Waals surface area contributed by atoms with Crippen molar-refractivity contribution in [3.8, 4) is 0 Å². The summed E-state index contributed by atoms with van der Waals surface area (Å²) in [6.45, 7) is -5.36. The molecule has 16 atom stereocenters. The second-order valence-electron chi connectivity index (χ2n) is 16.0. The number of phosphoric ester groups is 3. The summed E-state index contributed by atoms with van der Waals surface area (Å²) in [5.41, 5.74) is 18.3. The van der Waals surface area contributed by atoms with Crippen molar-refractivity contribution in [2.24, 2.45) is 0 Å². The summed E-state index contributed by atoms with van der Waals surface area (Å²) in [5.74, 6) is 0.00789. The fourth-order valence-electron chi connectivity index (χ4n) is 7.72. The van der Waals surface area contributed by atoms with Crippen LogP contribution in [0.25, 0.3) is 33.5 Å². The maximum Gasteiger partial charge on any atom is 0.472 e. The van der Waals surface area contributed by atoms with Crippen LogP contribution in [-0.4, -0.2) is 198 Å². The molecule has 0 saturated carbocycles. The number of hydrogen-bond acceptors (Lipinski definition) is 30. The first-order valence-electron chi connectivity index (χ1n) is 20.8. The van der Waals surface area contributed by atoms with Crippen LogP contribution in [0.3, 0.4) is 0 Å². The second kappa shape index (κ2) is 20.4. The molecule has 9 heterocycles. The molecule has 392 valence electrons. The maximum atomic E-state index is 13.4. The van der Waals surface area contributed by atoms with E-state index in [1.54, 1.807) is 0 Å². The Balaban J connectivity index is 0.843.